The summed E-state index contributed by atoms with van der Waals surface area (Å²) >= 11 is 0. The molecule has 29 heavy (non-hydrogen) atoms. The average Bonchev–Trinajstić information content (AvgIpc) is 3.32. The Labute approximate surface area is 168 Å². The van der Waals surface area contributed by atoms with Gasteiger partial charge in [-0.15, -0.1) is 0 Å². The molecule has 0 saturated carbocycles. The first-order valence-corrected chi connectivity index (χ1v) is 9.89. The zero-order valence-electron chi connectivity index (χ0n) is 16.1. The van der Waals surface area contributed by atoms with E-state index >= 15 is 0 Å². The maximum Gasteiger partial charge on any atom is 0.318 e. The molecule has 3 unspecified atom stereocenters. The zero-order valence-corrected chi connectivity index (χ0v) is 16.1. The summed E-state index contributed by atoms with van der Waals surface area (Å²) in [7, 11) is 0. The summed E-state index contributed by atoms with van der Waals surface area (Å²) in [5.41, 5.74) is 0.799. The van der Waals surface area contributed by atoms with E-state index in [4.69, 9.17) is 9.47 Å². The highest BCUT2D eigenvalue weighted by Gasteiger charge is 2.48. The summed E-state index contributed by atoms with van der Waals surface area (Å²) in [6, 6.07) is 4.81. The Hall–Kier alpha value is -2.65. The number of amides is 3. The molecule has 3 aliphatic heterocycles. The number of likely N-dealkylation sites (tertiary alicyclic amines) is 1. The molecule has 2 N–H and O–H groups in total. The lowest BCUT2D eigenvalue weighted by Gasteiger charge is -2.31. The molecule has 3 heterocycles. The van der Waals surface area contributed by atoms with Crippen LogP contribution in [-0.4, -0.2) is 90.3 Å². The van der Waals surface area contributed by atoms with Crippen LogP contribution in [0.3, 0.4) is 0 Å². The van der Waals surface area contributed by atoms with E-state index in [9.17, 15) is 19.5 Å². The van der Waals surface area contributed by atoms with Crippen LogP contribution in [0.1, 0.15) is 12.0 Å². The van der Waals surface area contributed by atoms with E-state index in [1.165, 1.54) is 0 Å². The zero-order chi connectivity index (χ0) is 20.4. The Kier molecular flexibility index (Phi) is 5.68. The maximum absolute atomic E-state index is 13.3. The number of phenols is 1. The number of hydrogen-bond donors (Lipinski definition) is 2. The number of nitrogens with one attached hydrogen (secondary N) is 1. The van der Waals surface area contributed by atoms with Crippen LogP contribution in [0, 0.1) is 0 Å². The molecule has 4 rings (SSSR count). The molecule has 0 bridgehead atoms. The predicted molar refractivity (Wildman–Crippen MR) is 101 cm³/mol. The topological polar surface area (TPSA) is 108 Å². The van der Waals surface area contributed by atoms with Crippen molar-refractivity contribution in [3.8, 4) is 5.75 Å². The van der Waals surface area contributed by atoms with E-state index in [-0.39, 0.29) is 42.6 Å². The standard InChI is InChI=1S/C20H25N3O6/c24-14-3-1-13(2-4-14)11-15(21-20(27)22-7-9-28-10-8-22)19(26)23-6-5-17-18(23)16(25)12-29-17/h1-4,15,17-18,24H,5-12H2,(H,21,27). The van der Waals surface area contributed by atoms with Crippen LogP contribution in [0.4, 0.5) is 4.79 Å². The second-order valence-corrected chi connectivity index (χ2v) is 7.55. The third-order valence-corrected chi connectivity index (χ3v) is 5.67. The molecule has 0 radical (unpaired) electrons. The van der Waals surface area contributed by atoms with E-state index in [2.05, 4.69) is 5.32 Å². The maximum atomic E-state index is 13.3. The number of carbonyl (C=O) groups excluding carboxylic acids is 3. The molecular formula is C20H25N3O6. The molecule has 3 saturated heterocycles. The SMILES string of the molecule is O=C1COC2CCN(C(=O)C(Cc3ccc(O)cc3)NC(=O)N3CCOCC3)C12. The number of aromatic hydroxyl groups is 1. The number of Topliss-reactive ketones (excluding diaryl/α,β-unsaturated/α-hetero) is 1. The first-order chi connectivity index (χ1) is 14.0. The summed E-state index contributed by atoms with van der Waals surface area (Å²) in [6.07, 6.45) is 0.625. The second-order valence-electron chi connectivity index (χ2n) is 7.55. The van der Waals surface area contributed by atoms with Gasteiger partial charge < -0.3 is 29.7 Å². The average molecular weight is 403 g/mol. The van der Waals surface area contributed by atoms with Crippen molar-refractivity contribution in [2.45, 2.75) is 31.0 Å². The number of ketones is 1. The number of carbonyl (C=O) groups is 3. The first-order valence-electron chi connectivity index (χ1n) is 9.89. The Balaban J connectivity index is 1.51. The highest BCUT2D eigenvalue weighted by molar-refractivity contribution is 5.95. The summed E-state index contributed by atoms with van der Waals surface area (Å²) in [6.45, 7) is 2.32. The van der Waals surface area contributed by atoms with Crippen molar-refractivity contribution in [1.29, 1.82) is 0 Å². The van der Waals surface area contributed by atoms with E-state index in [1.54, 1.807) is 34.1 Å². The quantitative estimate of drug-likeness (QED) is 0.728. The Morgan fingerprint density at radius 2 is 1.90 bits per heavy atom. The number of benzene rings is 1. The highest BCUT2D eigenvalue weighted by Crippen LogP contribution is 2.28. The lowest BCUT2D eigenvalue weighted by molar-refractivity contribution is -0.138. The monoisotopic (exact) mass is 403 g/mol. The molecule has 9 heteroatoms. The fourth-order valence-corrected chi connectivity index (χ4v) is 4.12. The molecule has 1 aromatic rings. The molecule has 0 aromatic heterocycles. The highest BCUT2D eigenvalue weighted by atomic mass is 16.5. The minimum absolute atomic E-state index is 0.0296. The molecule has 1 aromatic carbocycles. The number of phenolic OH excluding ortho intramolecular Hbond substituents is 1. The van der Waals surface area contributed by atoms with Gasteiger partial charge in [-0.05, 0) is 24.1 Å². The number of ether oxygens (including phenoxy) is 2. The third-order valence-electron chi connectivity index (χ3n) is 5.67. The Morgan fingerprint density at radius 1 is 1.17 bits per heavy atom. The summed E-state index contributed by atoms with van der Waals surface area (Å²) < 4.78 is 10.8. The Bertz CT molecular complexity index is 777. The molecular weight excluding hydrogens is 378 g/mol. The Morgan fingerprint density at radius 3 is 2.62 bits per heavy atom. The minimum atomic E-state index is -0.818. The van der Waals surface area contributed by atoms with Crippen molar-refractivity contribution < 1.29 is 29.0 Å². The van der Waals surface area contributed by atoms with Gasteiger partial charge in [-0.25, -0.2) is 4.79 Å². The van der Waals surface area contributed by atoms with Gasteiger partial charge in [0.25, 0.3) is 0 Å². The largest absolute Gasteiger partial charge is 0.508 e. The van der Waals surface area contributed by atoms with Crippen molar-refractivity contribution >= 4 is 17.7 Å². The fraction of sp³-hybridized carbons (Fsp3) is 0.550. The number of hydrogen-bond acceptors (Lipinski definition) is 6. The van der Waals surface area contributed by atoms with Crippen molar-refractivity contribution in [3.63, 3.8) is 0 Å². The smallest absolute Gasteiger partial charge is 0.318 e. The van der Waals surface area contributed by atoms with Gasteiger partial charge in [0.2, 0.25) is 5.91 Å². The number of fused-ring (bicyclic) bond motifs is 1. The number of morpholine rings is 1. The molecule has 3 aliphatic rings. The lowest BCUT2D eigenvalue weighted by Crippen LogP contribution is -2.56. The summed E-state index contributed by atoms with van der Waals surface area (Å²) in [5, 5.41) is 12.4. The lowest BCUT2D eigenvalue weighted by atomic mass is 10.0. The first kappa shape index (κ1) is 19.7. The van der Waals surface area contributed by atoms with Gasteiger partial charge in [0.05, 0.1) is 19.3 Å². The van der Waals surface area contributed by atoms with Gasteiger partial charge >= 0.3 is 6.03 Å². The van der Waals surface area contributed by atoms with Gasteiger partial charge in [0.15, 0.2) is 5.78 Å². The van der Waals surface area contributed by atoms with Crippen LogP contribution in [-0.2, 0) is 25.5 Å². The molecule has 0 spiro atoms. The predicted octanol–water partition coefficient (Wildman–Crippen LogP) is -0.0861. The molecule has 3 amide bonds. The molecule has 9 nitrogen and oxygen atoms in total. The van der Waals surface area contributed by atoms with E-state index in [0.29, 0.717) is 39.3 Å². The van der Waals surface area contributed by atoms with Crippen LogP contribution in [0.5, 0.6) is 5.75 Å². The van der Waals surface area contributed by atoms with Gasteiger partial charge in [-0.3, -0.25) is 9.59 Å². The minimum Gasteiger partial charge on any atom is -0.508 e. The van der Waals surface area contributed by atoms with Crippen molar-refractivity contribution in [3.05, 3.63) is 29.8 Å². The van der Waals surface area contributed by atoms with E-state index in [1.807, 2.05) is 0 Å². The van der Waals surface area contributed by atoms with Crippen LogP contribution >= 0.6 is 0 Å². The third kappa shape index (κ3) is 4.20. The van der Waals surface area contributed by atoms with Crippen molar-refractivity contribution in [2.75, 3.05) is 39.5 Å². The summed E-state index contributed by atoms with van der Waals surface area (Å²) in [5.74, 6) is -0.250. The summed E-state index contributed by atoms with van der Waals surface area (Å²) in [4.78, 5) is 41.4. The van der Waals surface area contributed by atoms with Gasteiger partial charge in [-0.2, -0.15) is 0 Å². The van der Waals surface area contributed by atoms with Crippen LogP contribution in [0.15, 0.2) is 24.3 Å². The van der Waals surface area contributed by atoms with Crippen molar-refractivity contribution in [2.24, 2.45) is 0 Å². The normalized spacial score (nSPS) is 25.0. The van der Waals surface area contributed by atoms with Crippen LogP contribution in [0.2, 0.25) is 0 Å². The molecule has 0 aliphatic carbocycles. The van der Waals surface area contributed by atoms with Crippen LogP contribution < -0.4 is 5.32 Å². The van der Waals surface area contributed by atoms with Crippen LogP contribution in [0.25, 0.3) is 0 Å². The molecule has 3 atom stereocenters. The number of nitrogens with zero attached hydrogens (tertiary/aromatic N) is 2. The van der Waals surface area contributed by atoms with Gasteiger partial charge in [-0.1, -0.05) is 12.1 Å². The second kappa shape index (κ2) is 8.38. The molecule has 156 valence electrons. The van der Waals surface area contributed by atoms with Gasteiger partial charge in [0.1, 0.15) is 24.4 Å². The number of urea groups is 1. The molecule has 3 fully saturated rings. The fourth-order valence-electron chi connectivity index (χ4n) is 4.12. The number of rotatable bonds is 4. The van der Waals surface area contributed by atoms with Crippen molar-refractivity contribution in [1.82, 2.24) is 15.1 Å². The van der Waals surface area contributed by atoms with E-state index < -0.39 is 12.1 Å². The van der Waals surface area contributed by atoms with Gasteiger partial charge in [0, 0.05) is 26.1 Å². The van der Waals surface area contributed by atoms with E-state index in [0.717, 1.165) is 5.56 Å².